The number of nitrogens with one attached hydrogen (secondary N) is 1. The summed E-state index contributed by atoms with van der Waals surface area (Å²) in [5.41, 5.74) is 3.20. The molecule has 1 aromatic heterocycles. The summed E-state index contributed by atoms with van der Waals surface area (Å²) in [7, 11) is 0. The molecule has 1 N–H and O–H groups in total. The molecule has 3 nitrogen and oxygen atoms in total. The van der Waals surface area contributed by atoms with Crippen molar-refractivity contribution in [3.8, 4) is 5.69 Å². The maximum absolute atomic E-state index is 5.74. The lowest BCUT2D eigenvalue weighted by molar-refractivity contribution is 0.949. The molecule has 0 fully saturated rings. The average Bonchev–Trinajstić information content (AvgIpc) is 2.86. The summed E-state index contributed by atoms with van der Waals surface area (Å²) < 4.78 is 2.14. The largest absolute Gasteiger partial charge is 0.355 e. The number of aromatic nitrogens is 2. The van der Waals surface area contributed by atoms with Crippen LogP contribution in [0.3, 0.4) is 0 Å². The lowest BCUT2D eigenvalue weighted by Crippen LogP contribution is -2.08. The van der Waals surface area contributed by atoms with Gasteiger partial charge < -0.3 is 5.32 Å². The van der Waals surface area contributed by atoms with Gasteiger partial charge in [-0.1, -0.05) is 30.3 Å². The van der Waals surface area contributed by atoms with Crippen LogP contribution in [0.15, 0.2) is 54.6 Å². The van der Waals surface area contributed by atoms with Crippen LogP contribution in [0.25, 0.3) is 16.7 Å². The number of nitrogens with zero attached hydrogens (tertiary/aromatic N) is 2. The van der Waals surface area contributed by atoms with Crippen LogP contribution in [-0.2, 0) is 0 Å². The predicted molar refractivity (Wildman–Crippen MR) is 92.1 cm³/mol. The van der Waals surface area contributed by atoms with Crippen LogP contribution in [0.4, 0.5) is 5.95 Å². The van der Waals surface area contributed by atoms with Gasteiger partial charge in [-0.2, -0.15) is 0 Å². The summed E-state index contributed by atoms with van der Waals surface area (Å²) in [5, 5.41) is 3.37. The number of anilines is 1. The summed E-state index contributed by atoms with van der Waals surface area (Å²) in [6.45, 7) is 0.819. The van der Waals surface area contributed by atoms with Crippen molar-refractivity contribution in [2.24, 2.45) is 0 Å². The minimum atomic E-state index is 0. The topological polar surface area (TPSA) is 29.9 Å². The molecule has 0 atom stereocenters. The van der Waals surface area contributed by atoms with E-state index in [1.807, 2.05) is 36.4 Å². The molecule has 0 aliphatic carbocycles. The Morgan fingerprint density at radius 2 is 1.71 bits per heavy atom. The van der Waals surface area contributed by atoms with Gasteiger partial charge in [0.15, 0.2) is 0 Å². The van der Waals surface area contributed by atoms with E-state index in [9.17, 15) is 0 Å². The van der Waals surface area contributed by atoms with Gasteiger partial charge in [-0.05, 0) is 30.7 Å². The van der Waals surface area contributed by atoms with Gasteiger partial charge in [0.05, 0.1) is 11.0 Å². The first-order chi connectivity index (χ1) is 9.90. The highest BCUT2D eigenvalue weighted by Crippen LogP contribution is 2.24. The molecule has 3 aromatic rings. The Morgan fingerprint density at radius 3 is 2.48 bits per heavy atom. The zero-order valence-electron chi connectivity index (χ0n) is 11.5. The standard InChI is InChI=1S/C16H16ClN3.ClH/c17-11-6-12-18-16-19-14-9-4-5-10-15(14)20(16)13-7-2-1-3-8-13;/h1-5,7-10H,6,11-12H2,(H,18,19);1H. The van der Waals surface area contributed by atoms with Crippen LogP contribution in [0.5, 0.6) is 0 Å². The van der Waals surface area contributed by atoms with Gasteiger partial charge in [-0.25, -0.2) is 4.98 Å². The third kappa shape index (κ3) is 3.31. The summed E-state index contributed by atoms with van der Waals surface area (Å²) in [6.07, 6.45) is 0.916. The number of benzene rings is 2. The molecule has 110 valence electrons. The number of rotatable bonds is 5. The van der Waals surface area contributed by atoms with Gasteiger partial charge in [0.2, 0.25) is 5.95 Å². The second-order valence-electron chi connectivity index (χ2n) is 4.56. The van der Waals surface area contributed by atoms with Crippen molar-refractivity contribution >= 4 is 41.0 Å². The summed E-state index contributed by atoms with van der Waals surface area (Å²) in [6, 6.07) is 18.4. The number of imidazole rings is 1. The fourth-order valence-corrected chi connectivity index (χ4v) is 2.38. The summed E-state index contributed by atoms with van der Waals surface area (Å²) in [4.78, 5) is 4.67. The van der Waals surface area contributed by atoms with Gasteiger partial charge in [0.25, 0.3) is 0 Å². The molecule has 0 amide bonds. The van der Waals surface area contributed by atoms with Crippen LogP contribution < -0.4 is 5.32 Å². The maximum atomic E-state index is 5.74. The highest BCUT2D eigenvalue weighted by atomic mass is 35.5. The Labute approximate surface area is 135 Å². The quantitative estimate of drug-likeness (QED) is 0.554. The minimum Gasteiger partial charge on any atom is -0.355 e. The molecule has 0 saturated heterocycles. The van der Waals surface area contributed by atoms with Crippen molar-refractivity contribution < 1.29 is 0 Å². The second-order valence-corrected chi connectivity index (χ2v) is 4.94. The molecule has 5 heteroatoms. The lowest BCUT2D eigenvalue weighted by Gasteiger charge is -2.10. The smallest absolute Gasteiger partial charge is 0.208 e. The normalized spacial score (nSPS) is 10.3. The molecular formula is C16H17Cl2N3. The van der Waals surface area contributed by atoms with Crippen LogP contribution in [0.2, 0.25) is 0 Å². The molecule has 0 aliphatic rings. The van der Waals surface area contributed by atoms with E-state index in [2.05, 4.69) is 33.1 Å². The molecule has 0 saturated carbocycles. The van der Waals surface area contributed by atoms with E-state index in [-0.39, 0.29) is 12.4 Å². The Balaban J connectivity index is 0.00000161. The van der Waals surface area contributed by atoms with Crippen LogP contribution in [0.1, 0.15) is 6.42 Å². The van der Waals surface area contributed by atoms with Gasteiger partial charge in [0, 0.05) is 18.1 Å². The van der Waals surface area contributed by atoms with Crippen molar-refractivity contribution in [3.05, 3.63) is 54.6 Å². The highest BCUT2D eigenvalue weighted by molar-refractivity contribution is 6.17. The number of alkyl halides is 1. The summed E-state index contributed by atoms with van der Waals surface area (Å²) >= 11 is 5.74. The molecule has 0 unspecified atom stereocenters. The predicted octanol–water partition coefficient (Wildman–Crippen LogP) is 4.49. The molecule has 0 spiro atoms. The van der Waals surface area contributed by atoms with E-state index in [1.54, 1.807) is 0 Å². The number of para-hydroxylation sites is 3. The first kappa shape index (κ1) is 15.7. The Morgan fingerprint density at radius 1 is 1.00 bits per heavy atom. The molecule has 2 aromatic carbocycles. The lowest BCUT2D eigenvalue weighted by atomic mass is 10.3. The van der Waals surface area contributed by atoms with Crippen molar-refractivity contribution in [1.82, 2.24) is 9.55 Å². The van der Waals surface area contributed by atoms with E-state index in [1.165, 1.54) is 0 Å². The van der Waals surface area contributed by atoms with E-state index in [4.69, 9.17) is 11.6 Å². The maximum Gasteiger partial charge on any atom is 0.208 e. The molecule has 0 radical (unpaired) electrons. The van der Waals surface area contributed by atoms with E-state index >= 15 is 0 Å². The molecule has 21 heavy (non-hydrogen) atoms. The van der Waals surface area contributed by atoms with Crippen LogP contribution in [0, 0.1) is 0 Å². The molecule has 3 rings (SSSR count). The van der Waals surface area contributed by atoms with Gasteiger partial charge in [0.1, 0.15) is 0 Å². The van der Waals surface area contributed by atoms with Crippen LogP contribution >= 0.6 is 24.0 Å². The van der Waals surface area contributed by atoms with Crippen molar-refractivity contribution in [2.75, 3.05) is 17.7 Å². The number of halogens is 2. The first-order valence-electron chi connectivity index (χ1n) is 6.73. The first-order valence-corrected chi connectivity index (χ1v) is 7.26. The number of fused-ring (bicyclic) bond motifs is 1. The van der Waals surface area contributed by atoms with Gasteiger partial charge in [-0.15, -0.1) is 24.0 Å². The Bertz CT molecular complexity index is 695. The minimum absolute atomic E-state index is 0. The van der Waals surface area contributed by atoms with E-state index in [0.717, 1.165) is 35.6 Å². The third-order valence-corrected chi connectivity index (χ3v) is 3.44. The highest BCUT2D eigenvalue weighted by Gasteiger charge is 2.11. The van der Waals surface area contributed by atoms with Crippen molar-refractivity contribution in [2.45, 2.75) is 6.42 Å². The fourth-order valence-electron chi connectivity index (χ4n) is 2.25. The van der Waals surface area contributed by atoms with Gasteiger partial charge in [-0.3, -0.25) is 4.57 Å². The zero-order valence-corrected chi connectivity index (χ0v) is 13.1. The van der Waals surface area contributed by atoms with Crippen molar-refractivity contribution in [1.29, 1.82) is 0 Å². The van der Waals surface area contributed by atoms with Crippen molar-refractivity contribution in [3.63, 3.8) is 0 Å². The fraction of sp³-hybridized carbons (Fsp3) is 0.188. The Hall–Kier alpha value is -1.71. The molecule has 1 heterocycles. The second kappa shape index (κ2) is 7.34. The molecular weight excluding hydrogens is 305 g/mol. The van der Waals surface area contributed by atoms with E-state index in [0.29, 0.717) is 5.88 Å². The number of hydrogen-bond donors (Lipinski definition) is 1. The SMILES string of the molecule is Cl.ClCCCNc1nc2ccccc2n1-c1ccccc1. The molecule has 0 aliphatic heterocycles. The number of hydrogen-bond acceptors (Lipinski definition) is 2. The van der Waals surface area contributed by atoms with Gasteiger partial charge >= 0.3 is 0 Å². The molecule has 0 bridgehead atoms. The average molecular weight is 322 g/mol. The third-order valence-electron chi connectivity index (χ3n) is 3.17. The monoisotopic (exact) mass is 321 g/mol. The Kier molecular flexibility index (Phi) is 5.48. The van der Waals surface area contributed by atoms with Crippen LogP contribution in [-0.4, -0.2) is 22.0 Å². The summed E-state index contributed by atoms with van der Waals surface area (Å²) in [5.74, 6) is 1.51. The zero-order chi connectivity index (χ0) is 13.8. The van der Waals surface area contributed by atoms with E-state index < -0.39 is 0 Å².